The smallest absolute Gasteiger partial charge is 0.441 e. The van der Waals surface area contributed by atoms with E-state index in [2.05, 4.69) is 10.2 Å². The number of para-hydroxylation sites is 1. The second-order valence-corrected chi connectivity index (χ2v) is 6.12. The predicted octanol–water partition coefficient (Wildman–Crippen LogP) is 4.54. The van der Waals surface area contributed by atoms with Crippen molar-refractivity contribution in [1.29, 1.82) is 0 Å². The molecule has 0 bridgehead atoms. The van der Waals surface area contributed by atoms with Gasteiger partial charge in [-0.1, -0.05) is 41.9 Å². The lowest BCUT2D eigenvalue weighted by Gasteiger charge is -2.15. The molecule has 1 aliphatic heterocycles. The Bertz CT molecular complexity index is 881. The van der Waals surface area contributed by atoms with Crippen LogP contribution in [0, 0.1) is 0 Å². The third kappa shape index (κ3) is 4.84. The fraction of sp³-hybridized carbons (Fsp3) is 0.211. The number of hydrogen-bond donors (Lipinski definition) is 0. The topological polar surface area (TPSA) is 72.7 Å². The Morgan fingerprint density at radius 1 is 1.15 bits per heavy atom. The minimum absolute atomic E-state index is 0.104. The summed E-state index contributed by atoms with van der Waals surface area (Å²) < 4.78 is 10.4. The molecule has 0 N–H and O–H groups in total. The van der Waals surface area contributed by atoms with Crippen molar-refractivity contribution < 1.29 is 19.1 Å². The third-order valence-corrected chi connectivity index (χ3v) is 4.03. The number of anilines is 1. The Labute approximate surface area is 161 Å². The molecule has 0 unspecified atom stereocenters. The summed E-state index contributed by atoms with van der Waals surface area (Å²) in [7, 11) is 0. The molecule has 0 saturated carbocycles. The molecule has 0 atom stereocenters. The molecule has 8 heteroatoms. The SMILES string of the molecule is C/C(=N\N=C(/C)c1ccc(Cl)cc1)OCc1ccccc1N1OCOC1=O. The van der Waals surface area contributed by atoms with Gasteiger partial charge in [0.2, 0.25) is 12.7 Å². The average molecular weight is 388 g/mol. The molecule has 1 heterocycles. The highest BCUT2D eigenvalue weighted by Gasteiger charge is 2.27. The van der Waals surface area contributed by atoms with E-state index in [0.29, 0.717) is 16.6 Å². The first-order chi connectivity index (χ1) is 13.0. The van der Waals surface area contributed by atoms with Crippen LogP contribution in [-0.2, 0) is 20.9 Å². The molecule has 2 aromatic carbocycles. The molecule has 0 aromatic heterocycles. The van der Waals surface area contributed by atoms with Gasteiger partial charge in [0.25, 0.3) is 0 Å². The minimum Gasteiger partial charge on any atom is -0.475 e. The summed E-state index contributed by atoms with van der Waals surface area (Å²) in [5.41, 5.74) is 2.98. The van der Waals surface area contributed by atoms with Crippen molar-refractivity contribution in [1.82, 2.24) is 0 Å². The van der Waals surface area contributed by atoms with Crippen molar-refractivity contribution in [2.45, 2.75) is 20.5 Å². The van der Waals surface area contributed by atoms with Gasteiger partial charge in [-0.2, -0.15) is 5.10 Å². The zero-order chi connectivity index (χ0) is 19.2. The van der Waals surface area contributed by atoms with Crippen molar-refractivity contribution in [3.05, 3.63) is 64.7 Å². The lowest BCUT2D eigenvalue weighted by Crippen LogP contribution is -2.23. The Morgan fingerprint density at radius 3 is 2.59 bits per heavy atom. The molecule has 0 aliphatic carbocycles. The Hall–Kier alpha value is -2.90. The monoisotopic (exact) mass is 387 g/mol. The van der Waals surface area contributed by atoms with Crippen molar-refractivity contribution in [2.75, 3.05) is 11.9 Å². The number of rotatable bonds is 5. The number of nitrogens with zero attached hydrogens (tertiary/aromatic N) is 3. The highest BCUT2D eigenvalue weighted by atomic mass is 35.5. The number of hydrogen-bond acceptors (Lipinski definition) is 6. The van der Waals surface area contributed by atoms with E-state index in [9.17, 15) is 4.79 Å². The second-order valence-electron chi connectivity index (χ2n) is 5.68. The molecule has 1 saturated heterocycles. The van der Waals surface area contributed by atoms with Crippen LogP contribution < -0.4 is 5.06 Å². The highest BCUT2D eigenvalue weighted by Crippen LogP contribution is 2.25. The summed E-state index contributed by atoms with van der Waals surface area (Å²) >= 11 is 5.88. The first-order valence-corrected chi connectivity index (χ1v) is 8.57. The van der Waals surface area contributed by atoms with Crippen LogP contribution in [0.4, 0.5) is 10.5 Å². The summed E-state index contributed by atoms with van der Waals surface area (Å²) in [6.07, 6.45) is -0.559. The average Bonchev–Trinajstić information content (AvgIpc) is 3.11. The van der Waals surface area contributed by atoms with Gasteiger partial charge in [-0.25, -0.2) is 9.63 Å². The Balaban J connectivity index is 1.66. The van der Waals surface area contributed by atoms with E-state index in [1.54, 1.807) is 31.2 Å². The quantitative estimate of drug-likeness (QED) is 0.428. The number of carbonyl (C=O) groups is 1. The normalized spacial score (nSPS) is 15.1. The molecule has 1 fully saturated rings. The van der Waals surface area contributed by atoms with E-state index in [1.165, 1.54) is 0 Å². The van der Waals surface area contributed by atoms with Gasteiger partial charge in [0.1, 0.15) is 6.61 Å². The molecule has 1 aliphatic rings. The summed E-state index contributed by atoms with van der Waals surface area (Å²) in [5.74, 6) is 0.392. The molecule has 2 aromatic rings. The molecule has 0 radical (unpaired) electrons. The maximum absolute atomic E-state index is 11.7. The molecule has 7 nitrogen and oxygen atoms in total. The van der Waals surface area contributed by atoms with Crippen molar-refractivity contribution in [3.8, 4) is 0 Å². The molecule has 3 rings (SSSR count). The molecule has 27 heavy (non-hydrogen) atoms. The molecule has 0 spiro atoms. The largest absolute Gasteiger partial charge is 0.475 e. The van der Waals surface area contributed by atoms with Gasteiger partial charge in [-0.15, -0.1) is 10.2 Å². The lowest BCUT2D eigenvalue weighted by molar-refractivity contribution is 0.0701. The van der Waals surface area contributed by atoms with Crippen LogP contribution in [0.25, 0.3) is 0 Å². The molecule has 140 valence electrons. The zero-order valence-electron chi connectivity index (χ0n) is 14.9. The fourth-order valence-corrected chi connectivity index (χ4v) is 2.47. The molecular weight excluding hydrogens is 370 g/mol. The van der Waals surface area contributed by atoms with Gasteiger partial charge in [0.15, 0.2) is 0 Å². The summed E-state index contributed by atoms with van der Waals surface area (Å²) in [6, 6.07) is 14.6. The fourth-order valence-electron chi connectivity index (χ4n) is 2.34. The van der Waals surface area contributed by atoms with E-state index in [4.69, 9.17) is 25.9 Å². The standard InChI is InChI=1S/C19H18ClN3O4/c1-13(15-7-9-17(20)10-8-15)21-22-14(2)25-11-16-5-3-4-6-18(16)23-19(24)26-12-27-23/h3-10H,11-12H2,1-2H3/b21-13+,22-14+. The van der Waals surface area contributed by atoms with Crippen LogP contribution in [-0.4, -0.2) is 24.5 Å². The number of amides is 1. The summed E-state index contributed by atoms with van der Waals surface area (Å²) in [4.78, 5) is 16.9. The molecular formula is C19H18ClN3O4. The first kappa shape index (κ1) is 18.9. The van der Waals surface area contributed by atoms with Crippen LogP contribution in [0.15, 0.2) is 58.7 Å². The van der Waals surface area contributed by atoms with E-state index in [1.807, 2.05) is 31.2 Å². The van der Waals surface area contributed by atoms with Crippen LogP contribution in [0.2, 0.25) is 5.02 Å². The van der Waals surface area contributed by atoms with Crippen LogP contribution in [0.1, 0.15) is 25.0 Å². The number of benzene rings is 2. The number of halogens is 1. The van der Waals surface area contributed by atoms with Gasteiger partial charge >= 0.3 is 6.09 Å². The van der Waals surface area contributed by atoms with Crippen LogP contribution >= 0.6 is 11.6 Å². The summed E-state index contributed by atoms with van der Waals surface area (Å²) in [6.45, 7) is 3.66. The predicted molar refractivity (Wildman–Crippen MR) is 103 cm³/mol. The highest BCUT2D eigenvalue weighted by molar-refractivity contribution is 6.30. The van der Waals surface area contributed by atoms with E-state index >= 15 is 0 Å². The Kier molecular flexibility index (Phi) is 6.05. The minimum atomic E-state index is -0.559. The van der Waals surface area contributed by atoms with Crippen LogP contribution in [0.5, 0.6) is 0 Å². The van der Waals surface area contributed by atoms with Gasteiger partial charge in [-0.05, 0) is 30.7 Å². The lowest BCUT2D eigenvalue weighted by atomic mass is 10.1. The van der Waals surface area contributed by atoms with Crippen molar-refractivity contribution in [2.24, 2.45) is 10.2 Å². The van der Waals surface area contributed by atoms with Gasteiger partial charge < -0.3 is 9.47 Å². The number of ether oxygens (including phenoxy) is 2. The van der Waals surface area contributed by atoms with E-state index < -0.39 is 6.09 Å². The Morgan fingerprint density at radius 2 is 1.89 bits per heavy atom. The summed E-state index contributed by atoms with van der Waals surface area (Å²) in [5, 5.41) is 10.0. The number of hydroxylamine groups is 1. The van der Waals surface area contributed by atoms with Gasteiger partial charge in [0.05, 0.1) is 11.4 Å². The first-order valence-electron chi connectivity index (χ1n) is 8.20. The maximum Gasteiger partial charge on any atom is 0.441 e. The van der Waals surface area contributed by atoms with Gasteiger partial charge in [-0.3, -0.25) is 0 Å². The van der Waals surface area contributed by atoms with Crippen molar-refractivity contribution >= 4 is 35.0 Å². The van der Waals surface area contributed by atoms with Crippen LogP contribution in [0.3, 0.4) is 0 Å². The third-order valence-electron chi connectivity index (χ3n) is 3.78. The molecule has 1 amide bonds. The van der Waals surface area contributed by atoms with E-state index in [-0.39, 0.29) is 13.4 Å². The maximum atomic E-state index is 11.7. The number of carbonyl (C=O) groups excluding carboxylic acids is 1. The van der Waals surface area contributed by atoms with Gasteiger partial charge in [0, 0.05) is 17.5 Å². The second kappa shape index (κ2) is 8.66. The number of cyclic esters (lactones) is 1. The van der Waals surface area contributed by atoms with E-state index in [0.717, 1.165) is 21.9 Å². The zero-order valence-corrected chi connectivity index (χ0v) is 15.6. The van der Waals surface area contributed by atoms with Crippen molar-refractivity contribution in [3.63, 3.8) is 0 Å².